The van der Waals surface area contributed by atoms with E-state index in [0.29, 0.717) is 12.2 Å². The Balaban J connectivity index is 2.23. The Morgan fingerprint density at radius 2 is 2.29 bits per heavy atom. The Morgan fingerprint density at radius 3 is 3.07 bits per heavy atom. The summed E-state index contributed by atoms with van der Waals surface area (Å²) in [4.78, 5) is 0. The first-order valence-electron chi connectivity index (χ1n) is 4.55. The number of ether oxygens (including phenoxy) is 1. The monoisotopic (exact) mass is 194 g/mol. The second-order valence-electron chi connectivity index (χ2n) is 3.21. The fraction of sp³-hybridized carbons (Fsp3) is 0.273. The van der Waals surface area contributed by atoms with Crippen molar-refractivity contribution >= 4 is 6.08 Å². The molecule has 3 heteroatoms. The highest BCUT2D eigenvalue weighted by atomic mass is 19.1. The van der Waals surface area contributed by atoms with Crippen molar-refractivity contribution in [3.05, 3.63) is 35.7 Å². The van der Waals surface area contributed by atoms with Crippen LogP contribution in [0.15, 0.2) is 24.3 Å². The maximum Gasteiger partial charge on any atom is 0.127 e. The van der Waals surface area contributed by atoms with Crippen molar-refractivity contribution in [2.75, 3.05) is 6.61 Å². The van der Waals surface area contributed by atoms with Crippen molar-refractivity contribution in [2.24, 2.45) is 0 Å². The number of halogens is 1. The van der Waals surface area contributed by atoms with Crippen molar-refractivity contribution in [3.63, 3.8) is 0 Å². The molecule has 1 heterocycles. The highest BCUT2D eigenvalue weighted by Crippen LogP contribution is 2.27. The molecular formula is C11H11FO2. The lowest BCUT2D eigenvalue weighted by molar-refractivity contribution is 0.186. The standard InChI is InChI=1S/C11H11FO2/c12-9-2-4-11-8(7-9)1-3-10(14-11)5-6-13/h1-4,7,10,13H,5-6H2. The van der Waals surface area contributed by atoms with Gasteiger partial charge < -0.3 is 9.84 Å². The van der Waals surface area contributed by atoms with Gasteiger partial charge in [0.25, 0.3) is 0 Å². The van der Waals surface area contributed by atoms with Gasteiger partial charge in [0.1, 0.15) is 17.7 Å². The van der Waals surface area contributed by atoms with Gasteiger partial charge in [-0.2, -0.15) is 0 Å². The van der Waals surface area contributed by atoms with Crippen LogP contribution in [0.5, 0.6) is 5.75 Å². The third kappa shape index (κ3) is 1.77. The van der Waals surface area contributed by atoms with Crippen molar-refractivity contribution in [1.82, 2.24) is 0 Å². The summed E-state index contributed by atoms with van der Waals surface area (Å²) in [6.45, 7) is 0.0888. The van der Waals surface area contributed by atoms with Crippen LogP contribution in [0, 0.1) is 5.82 Å². The van der Waals surface area contributed by atoms with Crippen LogP contribution in [-0.4, -0.2) is 17.8 Å². The molecule has 74 valence electrons. The highest BCUT2D eigenvalue weighted by Gasteiger charge is 2.14. The predicted molar refractivity (Wildman–Crippen MR) is 51.6 cm³/mol. The summed E-state index contributed by atoms with van der Waals surface area (Å²) in [5.74, 6) is 0.407. The molecule has 1 atom stereocenters. The van der Waals surface area contributed by atoms with E-state index >= 15 is 0 Å². The molecule has 2 nitrogen and oxygen atoms in total. The normalized spacial score (nSPS) is 18.9. The molecule has 1 unspecified atom stereocenters. The SMILES string of the molecule is OCCC1C=Cc2cc(F)ccc2O1. The summed E-state index contributed by atoms with van der Waals surface area (Å²) in [5.41, 5.74) is 0.749. The molecule has 0 spiro atoms. The fourth-order valence-corrected chi connectivity index (χ4v) is 1.45. The minimum absolute atomic E-state index is 0.0888. The average Bonchev–Trinajstić information content (AvgIpc) is 2.19. The van der Waals surface area contributed by atoms with Crippen molar-refractivity contribution in [2.45, 2.75) is 12.5 Å². The molecule has 14 heavy (non-hydrogen) atoms. The predicted octanol–water partition coefficient (Wildman–Crippen LogP) is 1.98. The number of aliphatic hydroxyl groups is 1. The molecule has 0 aromatic heterocycles. The van der Waals surface area contributed by atoms with E-state index in [1.807, 2.05) is 12.2 Å². The minimum atomic E-state index is -0.266. The summed E-state index contributed by atoms with van der Waals surface area (Å²) >= 11 is 0. The van der Waals surface area contributed by atoms with Crippen molar-refractivity contribution in [3.8, 4) is 5.75 Å². The molecule has 0 amide bonds. The van der Waals surface area contributed by atoms with E-state index in [9.17, 15) is 4.39 Å². The largest absolute Gasteiger partial charge is 0.486 e. The molecule has 1 aliphatic heterocycles. The number of rotatable bonds is 2. The summed E-state index contributed by atoms with van der Waals surface area (Å²) in [5, 5.41) is 8.74. The minimum Gasteiger partial charge on any atom is -0.486 e. The first-order chi connectivity index (χ1) is 6.79. The number of benzene rings is 1. The van der Waals surface area contributed by atoms with Crippen LogP contribution < -0.4 is 4.74 Å². The van der Waals surface area contributed by atoms with Gasteiger partial charge in [-0.05, 0) is 24.3 Å². The molecule has 1 aliphatic rings. The molecule has 1 N–H and O–H groups in total. The van der Waals surface area contributed by atoms with E-state index in [4.69, 9.17) is 9.84 Å². The number of fused-ring (bicyclic) bond motifs is 1. The second-order valence-corrected chi connectivity index (χ2v) is 3.21. The van der Waals surface area contributed by atoms with Crippen LogP contribution >= 0.6 is 0 Å². The zero-order chi connectivity index (χ0) is 9.97. The smallest absolute Gasteiger partial charge is 0.127 e. The van der Waals surface area contributed by atoms with E-state index in [-0.39, 0.29) is 18.5 Å². The van der Waals surface area contributed by atoms with E-state index in [1.54, 1.807) is 6.07 Å². The molecule has 1 aromatic carbocycles. The first kappa shape index (κ1) is 9.21. The molecule has 0 saturated heterocycles. The molecule has 0 fully saturated rings. The van der Waals surface area contributed by atoms with Crippen LogP contribution in [0.1, 0.15) is 12.0 Å². The summed E-state index contributed by atoms with van der Waals surface area (Å²) < 4.78 is 18.3. The average molecular weight is 194 g/mol. The van der Waals surface area contributed by atoms with Gasteiger partial charge in [-0.3, -0.25) is 0 Å². The number of hydrogen-bond donors (Lipinski definition) is 1. The Hall–Kier alpha value is -1.35. The van der Waals surface area contributed by atoms with E-state index < -0.39 is 0 Å². The molecule has 0 bridgehead atoms. The Bertz CT molecular complexity index is 360. The molecule has 2 rings (SSSR count). The summed E-state index contributed by atoms with van der Waals surface area (Å²) in [7, 11) is 0. The van der Waals surface area contributed by atoms with Gasteiger partial charge in [-0.15, -0.1) is 0 Å². The topological polar surface area (TPSA) is 29.5 Å². The van der Waals surface area contributed by atoms with Crippen LogP contribution in [0.2, 0.25) is 0 Å². The fourth-order valence-electron chi connectivity index (χ4n) is 1.45. The molecule has 1 aromatic rings. The Labute approximate surface area is 81.6 Å². The van der Waals surface area contributed by atoms with Gasteiger partial charge in [0.2, 0.25) is 0 Å². The maximum absolute atomic E-state index is 12.8. The lowest BCUT2D eigenvalue weighted by Crippen LogP contribution is -2.18. The van der Waals surface area contributed by atoms with Crippen molar-refractivity contribution in [1.29, 1.82) is 0 Å². The van der Waals surface area contributed by atoms with Gasteiger partial charge >= 0.3 is 0 Å². The van der Waals surface area contributed by atoms with Crippen LogP contribution in [0.4, 0.5) is 4.39 Å². The van der Waals surface area contributed by atoms with Crippen LogP contribution in [-0.2, 0) is 0 Å². The Kier molecular flexibility index (Phi) is 2.50. The quantitative estimate of drug-likeness (QED) is 0.780. The molecular weight excluding hydrogens is 183 g/mol. The number of aliphatic hydroxyl groups excluding tert-OH is 1. The molecule has 0 aliphatic carbocycles. The van der Waals surface area contributed by atoms with Gasteiger partial charge in [0, 0.05) is 18.6 Å². The van der Waals surface area contributed by atoms with Gasteiger partial charge in [-0.1, -0.05) is 6.08 Å². The van der Waals surface area contributed by atoms with E-state index in [1.165, 1.54) is 12.1 Å². The van der Waals surface area contributed by atoms with E-state index in [2.05, 4.69) is 0 Å². The highest BCUT2D eigenvalue weighted by molar-refractivity contribution is 5.59. The zero-order valence-corrected chi connectivity index (χ0v) is 7.61. The van der Waals surface area contributed by atoms with Gasteiger partial charge in [-0.25, -0.2) is 4.39 Å². The molecule has 0 saturated carbocycles. The van der Waals surface area contributed by atoms with Crippen LogP contribution in [0.3, 0.4) is 0 Å². The number of hydrogen-bond acceptors (Lipinski definition) is 2. The van der Waals surface area contributed by atoms with E-state index in [0.717, 1.165) is 5.56 Å². The second kappa shape index (κ2) is 3.80. The van der Waals surface area contributed by atoms with Gasteiger partial charge in [0.15, 0.2) is 0 Å². The summed E-state index contributed by atoms with van der Waals surface area (Å²) in [6.07, 6.45) is 4.12. The lowest BCUT2D eigenvalue weighted by atomic mass is 10.1. The Morgan fingerprint density at radius 1 is 1.43 bits per heavy atom. The van der Waals surface area contributed by atoms with Crippen LogP contribution in [0.25, 0.3) is 6.08 Å². The molecule has 0 radical (unpaired) electrons. The third-order valence-corrected chi connectivity index (χ3v) is 2.15. The first-order valence-corrected chi connectivity index (χ1v) is 4.55. The van der Waals surface area contributed by atoms with Gasteiger partial charge in [0.05, 0.1) is 0 Å². The summed E-state index contributed by atoms with van der Waals surface area (Å²) in [6, 6.07) is 4.41. The lowest BCUT2D eigenvalue weighted by Gasteiger charge is -2.20. The maximum atomic E-state index is 12.8. The zero-order valence-electron chi connectivity index (χ0n) is 7.61. The van der Waals surface area contributed by atoms with Crippen molar-refractivity contribution < 1.29 is 14.2 Å². The third-order valence-electron chi connectivity index (χ3n) is 2.15.